The van der Waals surface area contributed by atoms with Crippen LogP contribution >= 0.6 is 11.8 Å². The van der Waals surface area contributed by atoms with Gasteiger partial charge in [-0.1, -0.05) is 19.1 Å². The highest BCUT2D eigenvalue weighted by molar-refractivity contribution is 7.98. The monoisotopic (exact) mass is 308 g/mol. The predicted molar refractivity (Wildman–Crippen MR) is 87.7 cm³/mol. The van der Waals surface area contributed by atoms with Crippen molar-refractivity contribution in [3.05, 3.63) is 29.8 Å². The molecule has 2 atom stereocenters. The number of ether oxygens (including phenoxy) is 1. The van der Waals surface area contributed by atoms with Crippen molar-refractivity contribution in [3.8, 4) is 5.75 Å². The molecule has 1 aliphatic heterocycles. The van der Waals surface area contributed by atoms with Crippen LogP contribution in [0.1, 0.15) is 32.0 Å². The standard InChI is InChI=1S/C16H24N2O2S/c1-4-9-20-14-7-5-13(6-8-14)16-17-10-15(19)18(16)12(2)11-21-3/h5-8,12,16-17H,4,9-11H2,1-3H3. The minimum Gasteiger partial charge on any atom is -0.494 e. The molecule has 1 heterocycles. The molecule has 1 amide bonds. The van der Waals surface area contributed by atoms with Crippen molar-refractivity contribution >= 4 is 17.7 Å². The Hall–Kier alpha value is -1.20. The Morgan fingerprint density at radius 1 is 1.43 bits per heavy atom. The smallest absolute Gasteiger partial charge is 0.238 e. The molecule has 2 unspecified atom stereocenters. The maximum absolute atomic E-state index is 12.1. The van der Waals surface area contributed by atoms with E-state index >= 15 is 0 Å². The molecule has 1 aromatic rings. The summed E-state index contributed by atoms with van der Waals surface area (Å²) in [6.07, 6.45) is 3.04. The van der Waals surface area contributed by atoms with Gasteiger partial charge in [0, 0.05) is 11.8 Å². The van der Waals surface area contributed by atoms with Crippen LogP contribution in [-0.2, 0) is 4.79 Å². The van der Waals surface area contributed by atoms with Crippen molar-refractivity contribution in [2.24, 2.45) is 0 Å². The van der Waals surface area contributed by atoms with Crippen molar-refractivity contribution in [3.63, 3.8) is 0 Å². The molecule has 0 aliphatic carbocycles. The summed E-state index contributed by atoms with van der Waals surface area (Å²) in [6, 6.07) is 8.27. The van der Waals surface area contributed by atoms with E-state index in [2.05, 4.69) is 25.4 Å². The number of benzene rings is 1. The normalized spacial score (nSPS) is 19.9. The van der Waals surface area contributed by atoms with E-state index in [0.717, 1.165) is 30.1 Å². The summed E-state index contributed by atoms with van der Waals surface area (Å²) in [7, 11) is 0. The fourth-order valence-electron chi connectivity index (χ4n) is 2.58. The Bertz CT molecular complexity index is 464. The summed E-state index contributed by atoms with van der Waals surface area (Å²) >= 11 is 1.77. The molecule has 21 heavy (non-hydrogen) atoms. The molecule has 0 radical (unpaired) electrons. The average molecular weight is 308 g/mol. The van der Waals surface area contributed by atoms with E-state index in [-0.39, 0.29) is 18.1 Å². The fraction of sp³-hybridized carbons (Fsp3) is 0.562. The van der Waals surface area contributed by atoms with Crippen LogP contribution < -0.4 is 10.1 Å². The zero-order chi connectivity index (χ0) is 15.2. The van der Waals surface area contributed by atoms with E-state index < -0.39 is 0 Å². The van der Waals surface area contributed by atoms with Crippen molar-refractivity contribution in [2.45, 2.75) is 32.5 Å². The first-order valence-electron chi connectivity index (χ1n) is 7.43. The van der Waals surface area contributed by atoms with Crippen LogP contribution in [0.4, 0.5) is 0 Å². The average Bonchev–Trinajstić information content (AvgIpc) is 2.88. The lowest BCUT2D eigenvalue weighted by atomic mass is 10.1. The number of carbonyl (C=O) groups excluding carboxylic acids is 1. The Morgan fingerprint density at radius 2 is 2.14 bits per heavy atom. The van der Waals surface area contributed by atoms with Gasteiger partial charge in [0.05, 0.1) is 13.2 Å². The zero-order valence-electron chi connectivity index (χ0n) is 13.0. The molecular weight excluding hydrogens is 284 g/mol. The maximum Gasteiger partial charge on any atom is 0.238 e. The summed E-state index contributed by atoms with van der Waals surface area (Å²) in [5.74, 6) is 2.00. The fourth-order valence-corrected chi connectivity index (χ4v) is 3.23. The Morgan fingerprint density at radius 3 is 2.76 bits per heavy atom. The van der Waals surface area contributed by atoms with Gasteiger partial charge in [-0.15, -0.1) is 0 Å². The van der Waals surface area contributed by atoms with Crippen LogP contribution in [0.25, 0.3) is 0 Å². The second-order valence-electron chi connectivity index (χ2n) is 5.31. The number of thioether (sulfide) groups is 1. The highest BCUT2D eigenvalue weighted by atomic mass is 32.2. The van der Waals surface area contributed by atoms with Gasteiger partial charge in [-0.2, -0.15) is 11.8 Å². The minimum atomic E-state index is -0.0279. The van der Waals surface area contributed by atoms with Crippen molar-refractivity contribution in [2.75, 3.05) is 25.2 Å². The zero-order valence-corrected chi connectivity index (χ0v) is 13.8. The van der Waals surface area contributed by atoms with Crippen LogP contribution in [0, 0.1) is 0 Å². The topological polar surface area (TPSA) is 41.6 Å². The molecule has 1 aliphatic rings. The number of hydrogen-bond acceptors (Lipinski definition) is 4. The number of hydrogen-bond donors (Lipinski definition) is 1. The lowest BCUT2D eigenvalue weighted by Crippen LogP contribution is -2.39. The van der Waals surface area contributed by atoms with E-state index in [4.69, 9.17) is 4.74 Å². The number of carbonyl (C=O) groups is 1. The molecule has 116 valence electrons. The van der Waals surface area contributed by atoms with Gasteiger partial charge in [-0.25, -0.2) is 0 Å². The molecule has 1 aromatic carbocycles. The highest BCUT2D eigenvalue weighted by Crippen LogP contribution is 2.27. The van der Waals surface area contributed by atoms with Gasteiger partial charge in [0.25, 0.3) is 0 Å². The maximum atomic E-state index is 12.1. The van der Waals surface area contributed by atoms with E-state index in [1.807, 2.05) is 29.2 Å². The van der Waals surface area contributed by atoms with E-state index in [9.17, 15) is 4.79 Å². The van der Waals surface area contributed by atoms with Crippen LogP contribution in [0.5, 0.6) is 5.75 Å². The summed E-state index contributed by atoms with van der Waals surface area (Å²) in [6.45, 7) is 5.34. The summed E-state index contributed by atoms with van der Waals surface area (Å²) in [4.78, 5) is 14.1. The second kappa shape index (κ2) is 7.71. The summed E-state index contributed by atoms with van der Waals surface area (Å²) in [5.41, 5.74) is 1.11. The summed E-state index contributed by atoms with van der Waals surface area (Å²) in [5, 5.41) is 3.30. The highest BCUT2D eigenvalue weighted by Gasteiger charge is 2.34. The largest absolute Gasteiger partial charge is 0.494 e. The molecule has 1 N–H and O–H groups in total. The second-order valence-corrected chi connectivity index (χ2v) is 6.22. The van der Waals surface area contributed by atoms with E-state index in [1.165, 1.54) is 0 Å². The molecular formula is C16H24N2O2S. The van der Waals surface area contributed by atoms with Crippen LogP contribution in [0.3, 0.4) is 0 Å². The predicted octanol–water partition coefficient (Wildman–Crippen LogP) is 2.66. The SMILES string of the molecule is CCCOc1ccc(C2NCC(=O)N2C(C)CSC)cc1. The first kappa shape index (κ1) is 16.2. The number of nitrogens with one attached hydrogen (secondary N) is 1. The van der Waals surface area contributed by atoms with Crippen LogP contribution in [-0.4, -0.2) is 42.0 Å². The molecule has 0 spiro atoms. The number of rotatable bonds is 7. The Kier molecular flexibility index (Phi) is 5.94. The van der Waals surface area contributed by atoms with Gasteiger partial charge in [0.1, 0.15) is 11.9 Å². The first-order valence-corrected chi connectivity index (χ1v) is 8.83. The quantitative estimate of drug-likeness (QED) is 0.841. The van der Waals surface area contributed by atoms with E-state index in [0.29, 0.717) is 6.54 Å². The van der Waals surface area contributed by atoms with Crippen LogP contribution in [0.15, 0.2) is 24.3 Å². The molecule has 2 rings (SSSR count). The first-order chi connectivity index (χ1) is 10.2. The van der Waals surface area contributed by atoms with E-state index in [1.54, 1.807) is 11.8 Å². The van der Waals surface area contributed by atoms with Gasteiger partial charge < -0.3 is 9.64 Å². The third-order valence-corrected chi connectivity index (χ3v) is 4.38. The van der Waals surface area contributed by atoms with Gasteiger partial charge in [0.2, 0.25) is 5.91 Å². The molecule has 0 aromatic heterocycles. The minimum absolute atomic E-state index is 0.0279. The van der Waals surface area contributed by atoms with Crippen molar-refractivity contribution in [1.82, 2.24) is 10.2 Å². The molecule has 0 saturated carbocycles. The lowest BCUT2D eigenvalue weighted by Gasteiger charge is -2.30. The number of nitrogens with zero attached hydrogens (tertiary/aromatic N) is 1. The van der Waals surface area contributed by atoms with Crippen LogP contribution in [0.2, 0.25) is 0 Å². The summed E-state index contributed by atoms with van der Waals surface area (Å²) < 4.78 is 5.60. The Balaban J connectivity index is 2.10. The third-order valence-electron chi connectivity index (χ3n) is 3.56. The number of amides is 1. The lowest BCUT2D eigenvalue weighted by molar-refractivity contribution is -0.129. The van der Waals surface area contributed by atoms with Crippen molar-refractivity contribution < 1.29 is 9.53 Å². The Labute approximate surface area is 131 Å². The van der Waals surface area contributed by atoms with Gasteiger partial charge in [-0.3, -0.25) is 10.1 Å². The van der Waals surface area contributed by atoms with Gasteiger partial charge >= 0.3 is 0 Å². The molecule has 5 heteroatoms. The van der Waals surface area contributed by atoms with Gasteiger partial charge in [0.15, 0.2) is 0 Å². The van der Waals surface area contributed by atoms with Crippen molar-refractivity contribution in [1.29, 1.82) is 0 Å². The molecule has 1 saturated heterocycles. The molecule has 1 fully saturated rings. The molecule has 0 bridgehead atoms. The van der Waals surface area contributed by atoms with Gasteiger partial charge in [-0.05, 0) is 37.3 Å². The molecule has 4 nitrogen and oxygen atoms in total. The third kappa shape index (κ3) is 3.92.